The van der Waals surface area contributed by atoms with Crippen molar-refractivity contribution in [2.75, 3.05) is 0 Å². The fraction of sp³-hybridized carbons (Fsp3) is 0.188. The van der Waals surface area contributed by atoms with Gasteiger partial charge >= 0.3 is 0 Å². The van der Waals surface area contributed by atoms with E-state index in [1.807, 2.05) is 24.3 Å². The van der Waals surface area contributed by atoms with Gasteiger partial charge in [0, 0.05) is 12.4 Å². The molecule has 0 spiro atoms. The average molecular weight is 292 g/mol. The summed E-state index contributed by atoms with van der Waals surface area (Å²) in [6.45, 7) is 2.14. The van der Waals surface area contributed by atoms with E-state index in [-0.39, 0.29) is 5.56 Å². The standard InChI is InChI=1S/C16H15ClFNO/c1-11-2-7-14(15(18)8-11)16(20)19-10-13-5-3-12(9-17)4-6-13/h2-8H,9-10H2,1H3,(H,19,20). The maximum atomic E-state index is 13.6. The molecule has 1 amide bonds. The summed E-state index contributed by atoms with van der Waals surface area (Å²) in [5, 5.41) is 2.70. The van der Waals surface area contributed by atoms with E-state index < -0.39 is 11.7 Å². The monoisotopic (exact) mass is 291 g/mol. The van der Waals surface area contributed by atoms with Crippen LogP contribution in [0.25, 0.3) is 0 Å². The van der Waals surface area contributed by atoms with Crippen LogP contribution in [0.1, 0.15) is 27.0 Å². The first-order valence-corrected chi connectivity index (χ1v) is 6.81. The molecule has 0 aromatic heterocycles. The number of rotatable bonds is 4. The van der Waals surface area contributed by atoms with Crippen LogP contribution in [0.4, 0.5) is 4.39 Å². The molecule has 2 nitrogen and oxygen atoms in total. The Morgan fingerprint density at radius 2 is 1.80 bits per heavy atom. The number of nitrogens with one attached hydrogen (secondary N) is 1. The van der Waals surface area contributed by atoms with Crippen molar-refractivity contribution in [3.8, 4) is 0 Å². The van der Waals surface area contributed by atoms with E-state index in [0.717, 1.165) is 16.7 Å². The minimum absolute atomic E-state index is 0.0629. The van der Waals surface area contributed by atoms with Gasteiger partial charge in [-0.3, -0.25) is 4.79 Å². The summed E-state index contributed by atoms with van der Waals surface area (Å²) in [4.78, 5) is 11.9. The third kappa shape index (κ3) is 3.58. The number of aryl methyl sites for hydroxylation is 1. The number of amides is 1. The minimum Gasteiger partial charge on any atom is -0.348 e. The van der Waals surface area contributed by atoms with Gasteiger partial charge in [-0.1, -0.05) is 30.3 Å². The van der Waals surface area contributed by atoms with Gasteiger partial charge < -0.3 is 5.32 Å². The molecule has 1 N–H and O–H groups in total. The molecule has 2 aromatic carbocycles. The number of alkyl halides is 1. The minimum atomic E-state index is -0.500. The molecule has 0 aliphatic heterocycles. The average Bonchev–Trinajstić information content (AvgIpc) is 2.45. The van der Waals surface area contributed by atoms with Crippen molar-refractivity contribution >= 4 is 17.5 Å². The van der Waals surface area contributed by atoms with Gasteiger partial charge in [-0.25, -0.2) is 4.39 Å². The normalized spacial score (nSPS) is 10.3. The first-order valence-electron chi connectivity index (χ1n) is 6.28. The molecule has 2 rings (SSSR count). The summed E-state index contributed by atoms with van der Waals surface area (Å²) in [7, 11) is 0. The number of carbonyl (C=O) groups excluding carboxylic acids is 1. The van der Waals surface area contributed by atoms with E-state index in [2.05, 4.69) is 5.32 Å². The molecule has 0 aliphatic rings. The predicted molar refractivity (Wildman–Crippen MR) is 78.3 cm³/mol. The molecule has 0 saturated carbocycles. The Morgan fingerprint density at radius 3 is 2.40 bits per heavy atom. The molecule has 0 unspecified atom stereocenters. The van der Waals surface area contributed by atoms with E-state index in [0.29, 0.717) is 12.4 Å². The zero-order valence-electron chi connectivity index (χ0n) is 11.1. The van der Waals surface area contributed by atoms with Crippen LogP contribution in [0.5, 0.6) is 0 Å². The molecule has 0 heterocycles. The Kier molecular flexibility index (Phi) is 4.74. The van der Waals surface area contributed by atoms with Gasteiger partial charge in [0.05, 0.1) is 5.56 Å². The Balaban J connectivity index is 2.00. The second-order valence-corrected chi connectivity index (χ2v) is 4.88. The summed E-state index contributed by atoms with van der Waals surface area (Å²) >= 11 is 5.71. The molecule has 104 valence electrons. The lowest BCUT2D eigenvalue weighted by molar-refractivity contribution is 0.0947. The second-order valence-electron chi connectivity index (χ2n) is 4.62. The van der Waals surface area contributed by atoms with Crippen molar-refractivity contribution in [3.63, 3.8) is 0 Å². The lowest BCUT2D eigenvalue weighted by Crippen LogP contribution is -2.23. The fourth-order valence-corrected chi connectivity index (χ4v) is 2.01. The van der Waals surface area contributed by atoms with Gasteiger partial charge in [0.1, 0.15) is 5.82 Å². The summed E-state index contributed by atoms with van der Waals surface area (Å²) < 4.78 is 13.6. The van der Waals surface area contributed by atoms with E-state index in [4.69, 9.17) is 11.6 Å². The van der Waals surface area contributed by atoms with Gasteiger partial charge in [-0.05, 0) is 35.7 Å². The van der Waals surface area contributed by atoms with Crippen molar-refractivity contribution < 1.29 is 9.18 Å². The van der Waals surface area contributed by atoms with E-state index in [9.17, 15) is 9.18 Å². The van der Waals surface area contributed by atoms with Crippen LogP contribution in [0.3, 0.4) is 0 Å². The first-order chi connectivity index (χ1) is 9.60. The van der Waals surface area contributed by atoms with E-state index in [1.165, 1.54) is 12.1 Å². The van der Waals surface area contributed by atoms with Crippen molar-refractivity contribution in [3.05, 3.63) is 70.5 Å². The van der Waals surface area contributed by atoms with Crippen LogP contribution in [0, 0.1) is 12.7 Å². The maximum Gasteiger partial charge on any atom is 0.254 e. The van der Waals surface area contributed by atoms with Crippen LogP contribution in [-0.2, 0) is 12.4 Å². The van der Waals surface area contributed by atoms with Crippen molar-refractivity contribution in [2.45, 2.75) is 19.3 Å². The van der Waals surface area contributed by atoms with E-state index >= 15 is 0 Å². The Morgan fingerprint density at radius 1 is 1.15 bits per heavy atom. The third-order valence-corrected chi connectivity index (χ3v) is 3.31. The van der Waals surface area contributed by atoms with Crippen molar-refractivity contribution in [2.24, 2.45) is 0 Å². The van der Waals surface area contributed by atoms with E-state index in [1.54, 1.807) is 13.0 Å². The van der Waals surface area contributed by atoms with Gasteiger partial charge in [0.15, 0.2) is 0 Å². The van der Waals surface area contributed by atoms with Gasteiger partial charge in [0.25, 0.3) is 5.91 Å². The zero-order chi connectivity index (χ0) is 14.5. The topological polar surface area (TPSA) is 29.1 Å². The third-order valence-electron chi connectivity index (χ3n) is 3.00. The molecule has 0 saturated heterocycles. The largest absolute Gasteiger partial charge is 0.348 e. The maximum absolute atomic E-state index is 13.6. The van der Waals surface area contributed by atoms with Crippen molar-refractivity contribution in [1.82, 2.24) is 5.32 Å². The van der Waals surface area contributed by atoms with Crippen LogP contribution in [-0.4, -0.2) is 5.91 Å². The number of hydrogen-bond acceptors (Lipinski definition) is 1. The van der Waals surface area contributed by atoms with Gasteiger partial charge in [-0.15, -0.1) is 11.6 Å². The number of halogens is 2. The second kappa shape index (κ2) is 6.53. The highest BCUT2D eigenvalue weighted by Gasteiger charge is 2.11. The van der Waals surface area contributed by atoms with Crippen LogP contribution < -0.4 is 5.32 Å². The molecule has 4 heteroatoms. The molecule has 0 atom stereocenters. The van der Waals surface area contributed by atoms with Gasteiger partial charge in [0.2, 0.25) is 0 Å². The molecule has 0 aliphatic carbocycles. The summed E-state index contributed by atoms with van der Waals surface area (Å²) in [6.07, 6.45) is 0. The number of carbonyl (C=O) groups is 1. The Hall–Kier alpha value is -1.87. The number of benzene rings is 2. The predicted octanol–water partition coefficient (Wildman–Crippen LogP) is 3.80. The lowest BCUT2D eigenvalue weighted by atomic mass is 10.1. The Bertz CT molecular complexity index is 610. The molecular weight excluding hydrogens is 277 g/mol. The van der Waals surface area contributed by atoms with Gasteiger partial charge in [-0.2, -0.15) is 0 Å². The smallest absolute Gasteiger partial charge is 0.254 e. The molecular formula is C16H15ClFNO. The van der Waals surface area contributed by atoms with Crippen LogP contribution >= 0.6 is 11.6 Å². The molecule has 0 fully saturated rings. The number of hydrogen-bond donors (Lipinski definition) is 1. The Labute approximate surface area is 122 Å². The highest BCUT2D eigenvalue weighted by molar-refractivity contribution is 6.17. The summed E-state index contributed by atoms with van der Waals surface area (Å²) in [5.41, 5.74) is 2.81. The fourth-order valence-electron chi connectivity index (χ4n) is 1.83. The SMILES string of the molecule is Cc1ccc(C(=O)NCc2ccc(CCl)cc2)c(F)c1. The molecule has 20 heavy (non-hydrogen) atoms. The quantitative estimate of drug-likeness (QED) is 0.853. The first kappa shape index (κ1) is 14.5. The zero-order valence-corrected chi connectivity index (χ0v) is 11.9. The lowest BCUT2D eigenvalue weighted by Gasteiger charge is -2.07. The van der Waals surface area contributed by atoms with Crippen LogP contribution in [0.2, 0.25) is 0 Å². The summed E-state index contributed by atoms with van der Waals surface area (Å²) in [6, 6.07) is 12.2. The van der Waals surface area contributed by atoms with Crippen molar-refractivity contribution in [1.29, 1.82) is 0 Å². The highest BCUT2D eigenvalue weighted by Crippen LogP contribution is 2.11. The molecule has 0 bridgehead atoms. The molecule has 2 aromatic rings. The summed E-state index contributed by atoms with van der Waals surface area (Å²) in [5.74, 6) is -0.454. The van der Waals surface area contributed by atoms with Crippen LogP contribution in [0.15, 0.2) is 42.5 Å². The molecule has 0 radical (unpaired) electrons. The highest BCUT2D eigenvalue weighted by atomic mass is 35.5.